The SMILES string of the molecule is S=c1nc(-c2coc3ccccc23)[nH]c2c1CNCC2. The van der Waals surface area contributed by atoms with Gasteiger partial charge in [0.2, 0.25) is 0 Å². The number of benzene rings is 1. The van der Waals surface area contributed by atoms with E-state index in [1.807, 2.05) is 24.3 Å². The summed E-state index contributed by atoms with van der Waals surface area (Å²) >= 11 is 5.42. The summed E-state index contributed by atoms with van der Waals surface area (Å²) in [7, 11) is 0. The van der Waals surface area contributed by atoms with E-state index >= 15 is 0 Å². The number of fused-ring (bicyclic) bond motifs is 2. The zero-order chi connectivity index (χ0) is 13.5. The minimum absolute atomic E-state index is 0.672. The lowest BCUT2D eigenvalue weighted by atomic mass is 10.1. The molecule has 1 aliphatic rings. The van der Waals surface area contributed by atoms with Crippen LogP contribution in [0.15, 0.2) is 34.9 Å². The first-order valence-corrected chi connectivity index (χ1v) is 7.03. The minimum Gasteiger partial charge on any atom is -0.464 e. The minimum atomic E-state index is 0.672. The third-order valence-corrected chi connectivity index (χ3v) is 4.03. The zero-order valence-electron chi connectivity index (χ0n) is 10.8. The van der Waals surface area contributed by atoms with E-state index in [4.69, 9.17) is 16.6 Å². The number of aromatic amines is 1. The van der Waals surface area contributed by atoms with Crippen molar-refractivity contribution in [1.82, 2.24) is 15.3 Å². The van der Waals surface area contributed by atoms with Crippen molar-refractivity contribution in [1.29, 1.82) is 0 Å². The Hall–Kier alpha value is -1.98. The summed E-state index contributed by atoms with van der Waals surface area (Å²) in [6.07, 6.45) is 2.69. The second-order valence-corrected chi connectivity index (χ2v) is 5.31. The molecular weight excluding hydrogens is 270 g/mol. The summed E-state index contributed by atoms with van der Waals surface area (Å²) in [4.78, 5) is 7.96. The van der Waals surface area contributed by atoms with Gasteiger partial charge in [-0.25, -0.2) is 4.98 Å². The quantitative estimate of drug-likeness (QED) is 0.673. The van der Waals surface area contributed by atoms with Gasteiger partial charge in [0.15, 0.2) is 0 Å². The average Bonchev–Trinajstić information content (AvgIpc) is 2.91. The summed E-state index contributed by atoms with van der Waals surface area (Å²) in [5.74, 6) is 0.792. The van der Waals surface area contributed by atoms with Gasteiger partial charge in [-0.05, 0) is 6.07 Å². The van der Waals surface area contributed by atoms with Crippen molar-refractivity contribution in [2.24, 2.45) is 0 Å². The molecule has 0 unspecified atom stereocenters. The Labute approximate surface area is 120 Å². The molecule has 0 radical (unpaired) electrons. The lowest BCUT2D eigenvalue weighted by Gasteiger charge is -2.17. The van der Waals surface area contributed by atoms with Crippen molar-refractivity contribution >= 4 is 23.2 Å². The van der Waals surface area contributed by atoms with Crippen molar-refractivity contribution < 1.29 is 4.42 Å². The summed E-state index contributed by atoms with van der Waals surface area (Å²) < 4.78 is 6.25. The Balaban J connectivity index is 1.94. The molecular formula is C15H13N3OS. The first kappa shape index (κ1) is 11.8. The number of nitrogens with zero attached hydrogens (tertiary/aromatic N) is 1. The van der Waals surface area contributed by atoms with Crippen LogP contribution >= 0.6 is 12.2 Å². The molecule has 0 saturated heterocycles. The first-order chi connectivity index (χ1) is 9.83. The van der Waals surface area contributed by atoms with Gasteiger partial charge in [0, 0.05) is 36.2 Å². The highest BCUT2D eigenvalue weighted by atomic mass is 32.1. The maximum absolute atomic E-state index is 5.58. The molecule has 4 nitrogen and oxygen atoms in total. The smallest absolute Gasteiger partial charge is 0.143 e. The molecule has 3 aromatic rings. The van der Waals surface area contributed by atoms with E-state index in [1.165, 1.54) is 5.69 Å². The maximum Gasteiger partial charge on any atom is 0.143 e. The number of para-hydroxylation sites is 1. The van der Waals surface area contributed by atoms with Gasteiger partial charge in [-0.1, -0.05) is 30.4 Å². The van der Waals surface area contributed by atoms with Gasteiger partial charge in [-0.15, -0.1) is 0 Å². The predicted octanol–water partition coefficient (Wildman–Crippen LogP) is 3.20. The van der Waals surface area contributed by atoms with E-state index < -0.39 is 0 Å². The fourth-order valence-electron chi connectivity index (χ4n) is 2.66. The van der Waals surface area contributed by atoms with Crippen molar-refractivity contribution in [3.63, 3.8) is 0 Å². The van der Waals surface area contributed by atoms with Crippen molar-refractivity contribution in [2.45, 2.75) is 13.0 Å². The van der Waals surface area contributed by atoms with Crippen LogP contribution in [0.2, 0.25) is 0 Å². The van der Waals surface area contributed by atoms with Crippen LogP contribution in [0.1, 0.15) is 11.3 Å². The summed E-state index contributed by atoms with van der Waals surface area (Å²) in [5.41, 5.74) is 4.13. The highest BCUT2D eigenvalue weighted by molar-refractivity contribution is 7.71. The van der Waals surface area contributed by atoms with E-state index in [0.717, 1.165) is 47.4 Å². The standard InChI is InChI=1S/C15H13N3OS/c20-15-10-7-16-6-5-12(10)17-14(18-15)11-8-19-13-4-2-1-3-9(11)13/h1-4,8,16H,5-7H2,(H,17,18,20). The van der Waals surface area contributed by atoms with Crippen molar-refractivity contribution in [3.8, 4) is 11.4 Å². The van der Waals surface area contributed by atoms with E-state index in [1.54, 1.807) is 6.26 Å². The normalized spacial score (nSPS) is 14.4. The Bertz CT molecular complexity index is 850. The largest absolute Gasteiger partial charge is 0.464 e. The summed E-state index contributed by atoms with van der Waals surface area (Å²) in [6.45, 7) is 1.76. The van der Waals surface area contributed by atoms with Crippen LogP contribution in [-0.4, -0.2) is 16.5 Å². The van der Waals surface area contributed by atoms with Crippen LogP contribution in [0.4, 0.5) is 0 Å². The van der Waals surface area contributed by atoms with E-state index in [0.29, 0.717) is 4.64 Å². The molecule has 0 amide bonds. The van der Waals surface area contributed by atoms with Crippen molar-refractivity contribution in [3.05, 3.63) is 46.4 Å². The number of nitrogens with one attached hydrogen (secondary N) is 2. The van der Waals surface area contributed by atoms with Crippen LogP contribution in [-0.2, 0) is 13.0 Å². The molecule has 100 valence electrons. The monoisotopic (exact) mass is 283 g/mol. The molecule has 0 aliphatic carbocycles. The third kappa shape index (κ3) is 1.78. The van der Waals surface area contributed by atoms with E-state index in [9.17, 15) is 0 Å². The average molecular weight is 283 g/mol. The lowest BCUT2D eigenvalue weighted by molar-refractivity contribution is 0.614. The molecule has 4 rings (SSSR count). The Morgan fingerprint density at radius 2 is 2.15 bits per heavy atom. The third-order valence-electron chi connectivity index (χ3n) is 3.69. The molecule has 0 bridgehead atoms. The summed E-state index contributed by atoms with van der Waals surface area (Å²) in [6, 6.07) is 7.95. The second-order valence-electron chi connectivity index (χ2n) is 4.92. The molecule has 5 heteroatoms. The molecule has 0 atom stereocenters. The van der Waals surface area contributed by atoms with E-state index in [-0.39, 0.29) is 0 Å². The zero-order valence-corrected chi connectivity index (χ0v) is 11.6. The molecule has 0 spiro atoms. The highest BCUT2D eigenvalue weighted by Gasteiger charge is 2.15. The Morgan fingerprint density at radius 3 is 3.10 bits per heavy atom. The van der Waals surface area contributed by atoms with Crippen LogP contribution in [0, 0.1) is 4.64 Å². The number of hydrogen-bond donors (Lipinski definition) is 2. The second kappa shape index (κ2) is 4.54. The topological polar surface area (TPSA) is 53.9 Å². The first-order valence-electron chi connectivity index (χ1n) is 6.62. The lowest BCUT2D eigenvalue weighted by Crippen LogP contribution is -2.25. The van der Waals surface area contributed by atoms with Gasteiger partial charge in [0.05, 0.1) is 5.56 Å². The number of rotatable bonds is 1. The Kier molecular flexibility index (Phi) is 2.68. The van der Waals surface area contributed by atoms with Crippen molar-refractivity contribution in [2.75, 3.05) is 6.54 Å². The van der Waals surface area contributed by atoms with Gasteiger partial charge in [-0.3, -0.25) is 0 Å². The highest BCUT2D eigenvalue weighted by Crippen LogP contribution is 2.29. The van der Waals surface area contributed by atoms with Gasteiger partial charge in [-0.2, -0.15) is 0 Å². The fraction of sp³-hybridized carbons (Fsp3) is 0.200. The number of hydrogen-bond acceptors (Lipinski definition) is 4. The molecule has 3 heterocycles. The molecule has 1 aromatic carbocycles. The molecule has 1 aliphatic heterocycles. The van der Waals surface area contributed by atoms with Gasteiger partial charge < -0.3 is 14.7 Å². The Morgan fingerprint density at radius 1 is 1.25 bits per heavy atom. The molecule has 2 aromatic heterocycles. The van der Waals surface area contributed by atoms with E-state index in [2.05, 4.69) is 15.3 Å². The van der Waals surface area contributed by atoms with Crippen LogP contribution in [0.3, 0.4) is 0 Å². The molecule has 2 N–H and O–H groups in total. The molecule has 20 heavy (non-hydrogen) atoms. The number of aromatic nitrogens is 2. The number of furan rings is 1. The van der Waals surface area contributed by atoms with Crippen LogP contribution in [0.5, 0.6) is 0 Å². The maximum atomic E-state index is 5.58. The molecule has 0 fully saturated rings. The number of H-pyrrole nitrogens is 1. The van der Waals surface area contributed by atoms with Crippen LogP contribution < -0.4 is 5.32 Å². The van der Waals surface area contributed by atoms with Gasteiger partial charge >= 0.3 is 0 Å². The fourth-order valence-corrected chi connectivity index (χ4v) is 2.94. The predicted molar refractivity (Wildman–Crippen MR) is 80.0 cm³/mol. The molecule has 0 saturated carbocycles. The van der Waals surface area contributed by atoms with Gasteiger partial charge in [0.1, 0.15) is 22.3 Å². The summed E-state index contributed by atoms with van der Waals surface area (Å²) in [5, 5.41) is 4.38. The van der Waals surface area contributed by atoms with Crippen LogP contribution in [0.25, 0.3) is 22.4 Å². The van der Waals surface area contributed by atoms with Gasteiger partial charge in [0.25, 0.3) is 0 Å².